The lowest BCUT2D eigenvalue weighted by Crippen LogP contribution is -2.27. The Bertz CT molecular complexity index is 896. The van der Waals surface area contributed by atoms with E-state index in [1.165, 1.54) is 0 Å². The molecule has 0 aliphatic carbocycles. The van der Waals surface area contributed by atoms with Gasteiger partial charge in [0, 0.05) is 11.4 Å². The highest BCUT2D eigenvalue weighted by Crippen LogP contribution is 2.28. The minimum atomic E-state index is -0.574. The first-order valence-electron chi connectivity index (χ1n) is 8.17. The molecule has 0 heterocycles. The highest BCUT2D eigenvalue weighted by Gasteiger charge is 2.21. The van der Waals surface area contributed by atoms with Crippen LogP contribution in [0.2, 0.25) is 10.0 Å². The first-order chi connectivity index (χ1) is 12.5. The smallest absolute Gasteiger partial charge is 0.251 e. The molecule has 0 saturated carbocycles. The van der Waals surface area contributed by atoms with Crippen LogP contribution in [-0.4, -0.2) is 5.91 Å². The van der Waals surface area contributed by atoms with Crippen molar-refractivity contribution < 1.29 is 4.79 Å². The molecular weight excluding hydrogens is 367 g/mol. The third-order valence-corrected chi connectivity index (χ3v) is 4.68. The molecular formula is C21H18Cl2N2O. The standard InChI is InChI=1S/C21H18Cl2N2O/c1-14-7-9-16(10-8-14)25-21(26)20(15-5-3-2-4-6-15)24-17-11-12-18(22)19(23)13-17/h2-13,20,24H,1H3,(H,25,26). The van der Waals surface area contributed by atoms with Gasteiger partial charge in [0.1, 0.15) is 6.04 Å². The summed E-state index contributed by atoms with van der Waals surface area (Å²) in [7, 11) is 0. The van der Waals surface area contributed by atoms with Gasteiger partial charge in [0.15, 0.2) is 0 Å². The predicted octanol–water partition coefficient (Wildman–Crippen LogP) is 6.09. The van der Waals surface area contributed by atoms with E-state index in [-0.39, 0.29) is 5.91 Å². The normalized spacial score (nSPS) is 11.7. The zero-order valence-corrected chi connectivity index (χ0v) is 15.7. The number of hydrogen-bond acceptors (Lipinski definition) is 2. The summed E-state index contributed by atoms with van der Waals surface area (Å²) in [5.74, 6) is -0.161. The van der Waals surface area contributed by atoms with Crippen LogP contribution in [0.1, 0.15) is 17.2 Å². The zero-order chi connectivity index (χ0) is 18.5. The maximum Gasteiger partial charge on any atom is 0.251 e. The Morgan fingerprint density at radius 2 is 1.50 bits per heavy atom. The van der Waals surface area contributed by atoms with Crippen molar-refractivity contribution >= 4 is 40.5 Å². The predicted molar refractivity (Wildman–Crippen MR) is 109 cm³/mol. The average molecular weight is 385 g/mol. The van der Waals surface area contributed by atoms with Gasteiger partial charge in [-0.15, -0.1) is 0 Å². The van der Waals surface area contributed by atoms with Gasteiger partial charge in [0.05, 0.1) is 10.0 Å². The van der Waals surface area contributed by atoms with Crippen LogP contribution >= 0.6 is 23.2 Å². The molecule has 26 heavy (non-hydrogen) atoms. The molecule has 0 aromatic heterocycles. The summed E-state index contributed by atoms with van der Waals surface area (Å²) >= 11 is 12.1. The molecule has 0 spiro atoms. The molecule has 0 aliphatic rings. The second-order valence-corrected chi connectivity index (χ2v) is 6.79. The van der Waals surface area contributed by atoms with E-state index < -0.39 is 6.04 Å². The Morgan fingerprint density at radius 3 is 2.15 bits per heavy atom. The summed E-state index contributed by atoms with van der Waals surface area (Å²) in [6.45, 7) is 2.00. The lowest BCUT2D eigenvalue weighted by Gasteiger charge is -2.20. The number of benzene rings is 3. The lowest BCUT2D eigenvalue weighted by molar-refractivity contribution is -0.117. The fourth-order valence-electron chi connectivity index (χ4n) is 2.55. The molecule has 0 aliphatic heterocycles. The fraction of sp³-hybridized carbons (Fsp3) is 0.0952. The van der Waals surface area contributed by atoms with Crippen LogP contribution < -0.4 is 10.6 Å². The topological polar surface area (TPSA) is 41.1 Å². The largest absolute Gasteiger partial charge is 0.370 e. The number of aryl methyl sites for hydroxylation is 1. The first kappa shape index (κ1) is 18.3. The third kappa shape index (κ3) is 4.57. The molecule has 132 valence electrons. The average Bonchev–Trinajstić information content (AvgIpc) is 2.65. The van der Waals surface area contributed by atoms with E-state index in [1.807, 2.05) is 61.5 Å². The minimum Gasteiger partial charge on any atom is -0.370 e. The fourth-order valence-corrected chi connectivity index (χ4v) is 2.85. The number of halogens is 2. The molecule has 3 aromatic carbocycles. The molecule has 5 heteroatoms. The number of rotatable bonds is 5. The molecule has 1 atom stereocenters. The molecule has 3 aromatic rings. The van der Waals surface area contributed by atoms with Gasteiger partial charge < -0.3 is 10.6 Å². The molecule has 1 amide bonds. The Hall–Kier alpha value is -2.49. The monoisotopic (exact) mass is 384 g/mol. The van der Waals surface area contributed by atoms with Gasteiger partial charge in [-0.3, -0.25) is 4.79 Å². The summed E-state index contributed by atoms with van der Waals surface area (Å²) in [4.78, 5) is 12.9. The first-order valence-corrected chi connectivity index (χ1v) is 8.92. The van der Waals surface area contributed by atoms with Crippen molar-refractivity contribution in [3.63, 3.8) is 0 Å². The van der Waals surface area contributed by atoms with E-state index in [0.717, 1.165) is 16.8 Å². The van der Waals surface area contributed by atoms with Crippen molar-refractivity contribution in [1.29, 1.82) is 0 Å². The van der Waals surface area contributed by atoms with Crippen LogP contribution in [0.4, 0.5) is 11.4 Å². The van der Waals surface area contributed by atoms with Crippen molar-refractivity contribution in [2.75, 3.05) is 10.6 Å². The van der Waals surface area contributed by atoms with E-state index in [0.29, 0.717) is 15.7 Å². The van der Waals surface area contributed by atoms with E-state index in [4.69, 9.17) is 23.2 Å². The maximum atomic E-state index is 12.9. The number of carbonyl (C=O) groups is 1. The van der Waals surface area contributed by atoms with Crippen molar-refractivity contribution in [2.45, 2.75) is 13.0 Å². The van der Waals surface area contributed by atoms with Crippen LogP contribution in [0.25, 0.3) is 0 Å². The van der Waals surface area contributed by atoms with Crippen LogP contribution in [-0.2, 0) is 4.79 Å². The Labute approximate surface area is 163 Å². The van der Waals surface area contributed by atoms with Crippen LogP contribution in [0, 0.1) is 6.92 Å². The number of anilines is 2. The van der Waals surface area contributed by atoms with Gasteiger partial charge in [0.2, 0.25) is 0 Å². The Balaban J connectivity index is 1.86. The van der Waals surface area contributed by atoms with Crippen molar-refractivity contribution in [3.05, 3.63) is 94.0 Å². The summed E-state index contributed by atoms with van der Waals surface area (Å²) in [5, 5.41) is 7.10. The van der Waals surface area contributed by atoms with E-state index in [1.54, 1.807) is 18.2 Å². The van der Waals surface area contributed by atoms with Gasteiger partial charge in [-0.1, -0.05) is 71.2 Å². The molecule has 0 bridgehead atoms. The van der Waals surface area contributed by atoms with Gasteiger partial charge >= 0.3 is 0 Å². The Morgan fingerprint density at radius 1 is 0.846 bits per heavy atom. The molecule has 0 saturated heterocycles. The molecule has 3 rings (SSSR count). The van der Waals surface area contributed by atoms with Gasteiger partial charge in [-0.05, 0) is 42.8 Å². The molecule has 3 nitrogen and oxygen atoms in total. The van der Waals surface area contributed by atoms with Gasteiger partial charge in [0.25, 0.3) is 5.91 Å². The lowest BCUT2D eigenvalue weighted by atomic mass is 10.1. The minimum absolute atomic E-state index is 0.161. The number of hydrogen-bond donors (Lipinski definition) is 2. The molecule has 0 fully saturated rings. The van der Waals surface area contributed by atoms with Crippen molar-refractivity contribution in [2.24, 2.45) is 0 Å². The van der Waals surface area contributed by atoms with Crippen molar-refractivity contribution in [1.82, 2.24) is 0 Å². The van der Waals surface area contributed by atoms with Gasteiger partial charge in [-0.25, -0.2) is 0 Å². The molecule has 0 radical (unpaired) electrons. The molecule has 1 unspecified atom stereocenters. The highest BCUT2D eigenvalue weighted by atomic mass is 35.5. The van der Waals surface area contributed by atoms with E-state index >= 15 is 0 Å². The number of nitrogens with one attached hydrogen (secondary N) is 2. The molecule has 2 N–H and O–H groups in total. The quantitative estimate of drug-likeness (QED) is 0.558. The SMILES string of the molecule is Cc1ccc(NC(=O)C(Nc2ccc(Cl)c(Cl)c2)c2ccccc2)cc1. The Kier molecular flexibility index (Phi) is 5.82. The van der Waals surface area contributed by atoms with E-state index in [2.05, 4.69) is 10.6 Å². The summed E-state index contributed by atoms with van der Waals surface area (Å²) in [6, 6.07) is 21.8. The summed E-state index contributed by atoms with van der Waals surface area (Å²) < 4.78 is 0. The summed E-state index contributed by atoms with van der Waals surface area (Å²) in [6.07, 6.45) is 0. The highest BCUT2D eigenvalue weighted by molar-refractivity contribution is 6.42. The van der Waals surface area contributed by atoms with Crippen molar-refractivity contribution in [3.8, 4) is 0 Å². The zero-order valence-electron chi connectivity index (χ0n) is 14.2. The summed E-state index contributed by atoms with van der Waals surface area (Å²) in [5.41, 5.74) is 3.45. The third-order valence-electron chi connectivity index (χ3n) is 3.94. The van der Waals surface area contributed by atoms with E-state index in [9.17, 15) is 4.79 Å². The van der Waals surface area contributed by atoms with Crippen LogP contribution in [0.5, 0.6) is 0 Å². The maximum absolute atomic E-state index is 12.9. The number of carbonyl (C=O) groups excluding carboxylic acids is 1. The second-order valence-electron chi connectivity index (χ2n) is 5.97. The number of amides is 1. The van der Waals surface area contributed by atoms with Gasteiger partial charge in [-0.2, -0.15) is 0 Å². The van der Waals surface area contributed by atoms with Crippen LogP contribution in [0.15, 0.2) is 72.8 Å². The van der Waals surface area contributed by atoms with Crippen LogP contribution in [0.3, 0.4) is 0 Å². The second kappa shape index (κ2) is 8.26.